The zero-order chi connectivity index (χ0) is 15.4. The number of amides is 2. The van der Waals surface area contributed by atoms with Crippen LogP contribution in [-0.2, 0) is 0 Å². The van der Waals surface area contributed by atoms with Crippen LogP contribution >= 0.6 is 11.8 Å². The number of anilines is 1. The van der Waals surface area contributed by atoms with Gasteiger partial charge in [-0.3, -0.25) is 0 Å². The maximum absolute atomic E-state index is 12.1. The zero-order valence-corrected chi connectivity index (χ0v) is 13.0. The molecule has 2 amide bonds. The van der Waals surface area contributed by atoms with Crippen LogP contribution in [0, 0.1) is 6.92 Å². The molecule has 6 heteroatoms. The third kappa shape index (κ3) is 3.69. The van der Waals surface area contributed by atoms with Crippen molar-refractivity contribution in [3.63, 3.8) is 0 Å². The fraction of sp³-hybridized carbons (Fsp3) is 0.467. The monoisotopic (exact) mass is 308 g/mol. The molecule has 1 aromatic carbocycles. The molecule has 0 heterocycles. The molecule has 0 radical (unpaired) electrons. The Morgan fingerprint density at radius 3 is 2.76 bits per heavy atom. The Hall–Kier alpha value is -1.69. The van der Waals surface area contributed by atoms with Gasteiger partial charge in [-0.25, -0.2) is 9.59 Å². The molecular weight excluding hydrogens is 288 g/mol. The van der Waals surface area contributed by atoms with Crippen LogP contribution in [0.3, 0.4) is 0 Å². The molecule has 0 bridgehead atoms. The van der Waals surface area contributed by atoms with Crippen LogP contribution < -0.4 is 10.6 Å². The molecule has 1 aliphatic carbocycles. The number of carboxylic acids is 1. The summed E-state index contributed by atoms with van der Waals surface area (Å²) in [6, 6.07) is 4.78. The first kappa shape index (κ1) is 15.7. The van der Waals surface area contributed by atoms with E-state index in [0.29, 0.717) is 16.5 Å². The zero-order valence-electron chi connectivity index (χ0n) is 12.2. The number of thioether (sulfide) groups is 1. The summed E-state index contributed by atoms with van der Waals surface area (Å²) in [4.78, 5) is 23.2. The largest absolute Gasteiger partial charge is 0.478 e. The minimum Gasteiger partial charge on any atom is -0.478 e. The molecule has 0 aliphatic heterocycles. The number of hydrogen-bond donors (Lipinski definition) is 3. The van der Waals surface area contributed by atoms with E-state index in [-0.39, 0.29) is 17.6 Å². The van der Waals surface area contributed by atoms with Gasteiger partial charge in [0.1, 0.15) is 0 Å². The van der Waals surface area contributed by atoms with Crippen molar-refractivity contribution in [1.29, 1.82) is 0 Å². The van der Waals surface area contributed by atoms with Crippen LogP contribution in [0.15, 0.2) is 18.2 Å². The van der Waals surface area contributed by atoms with Crippen molar-refractivity contribution < 1.29 is 14.7 Å². The van der Waals surface area contributed by atoms with E-state index in [9.17, 15) is 9.59 Å². The van der Waals surface area contributed by atoms with Gasteiger partial charge in [0.15, 0.2) is 0 Å². The maximum atomic E-state index is 12.1. The Labute approximate surface area is 128 Å². The molecule has 21 heavy (non-hydrogen) atoms. The molecule has 3 N–H and O–H groups in total. The topological polar surface area (TPSA) is 78.4 Å². The normalized spacial score (nSPS) is 21.0. The van der Waals surface area contributed by atoms with Crippen molar-refractivity contribution in [3.8, 4) is 0 Å². The lowest BCUT2D eigenvalue weighted by Gasteiger charge is -2.20. The molecule has 0 saturated heterocycles. The van der Waals surface area contributed by atoms with Gasteiger partial charge in [0.25, 0.3) is 0 Å². The van der Waals surface area contributed by atoms with E-state index < -0.39 is 5.97 Å². The van der Waals surface area contributed by atoms with Crippen LogP contribution in [0.2, 0.25) is 0 Å². The Balaban J connectivity index is 2.03. The van der Waals surface area contributed by atoms with E-state index in [1.807, 2.05) is 0 Å². The molecule has 0 aromatic heterocycles. The van der Waals surface area contributed by atoms with Gasteiger partial charge in [-0.2, -0.15) is 11.8 Å². The molecule has 2 rings (SSSR count). The first-order valence-electron chi connectivity index (χ1n) is 6.96. The Bertz CT molecular complexity index is 548. The van der Waals surface area contributed by atoms with Crippen LogP contribution in [-0.4, -0.2) is 34.7 Å². The van der Waals surface area contributed by atoms with Gasteiger partial charge in [0, 0.05) is 17.0 Å². The van der Waals surface area contributed by atoms with Crippen molar-refractivity contribution in [3.05, 3.63) is 29.3 Å². The highest BCUT2D eigenvalue weighted by Crippen LogP contribution is 2.28. The molecule has 2 atom stereocenters. The Kier molecular flexibility index (Phi) is 5.12. The number of carbonyl (C=O) groups excluding carboxylic acids is 1. The molecule has 1 aliphatic rings. The second-order valence-electron chi connectivity index (χ2n) is 5.19. The summed E-state index contributed by atoms with van der Waals surface area (Å²) >= 11 is 1.78. The average molecular weight is 308 g/mol. The van der Waals surface area contributed by atoms with Gasteiger partial charge in [0.05, 0.1) is 5.56 Å². The third-order valence-corrected chi connectivity index (χ3v) is 5.05. The lowest BCUT2D eigenvalue weighted by Crippen LogP contribution is -2.41. The molecule has 1 fully saturated rings. The minimum absolute atomic E-state index is 0.183. The summed E-state index contributed by atoms with van der Waals surface area (Å²) in [7, 11) is 0. The molecule has 114 valence electrons. The minimum atomic E-state index is -0.991. The summed E-state index contributed by atoms with van der Waals surface area (Å²) in [6.07, 6.45) is 5.31. The van der Waals surface area contributed by atoms with E-state index in [0.717, 1.165) is 19.3 Å². The predicted octanol–water partition coefficient (Wildman–Crippen LogP) is 3.10. The fourth-order valence-electron chi connectivity index (χ4n) is 2.70. The second-order valence-corrected chi connectivity index (χ2v) is 6.27. The van der Waals surface area contributed by atoms with Gasteiger partial charge in [-0.1, -0.05) is 12.5 Å². The number of rotatable bonds is 4. The third-order valence-electron chi connectivity index (χ3n) is 3.88. The predicted molar refractivity (Wildman–Crippen MR) is 85.2 cm³/mol. The summed E-state index contributed by atoms with van der Waals surface area (Å²) < 4.78 is 0. The van der Waals surface area contributed by atoms with Gasteiger partial charge >= 0.3 is 12.0 Å². The summed E-state index contributed by atoms with van der Waals surface area (Å²) in [6.45, 7) is 1.69. The lowest BCUT2D eigenvalue weighted by molar-refractivity contribution is 0.0696. The average Bonchev–Trinajstić information content (AvgIpc) is 2.87. The van der Waals surface area contributed by atoms with Crippen molar-refractivity contribution >= 4 is 29.4 Å². The Morgan fingerprint density at radius 1 is 1.33 bits per heavy atom. The van der Waals surface area contributed by atoms with Crippen molar-refractivity contribution in [1.82, 2.24) is 5.32 Å². The van der Waals surface area contributed by atoms with Crippen LogP contribution in [0.5, 0.6) is 0 Å². The van der Waals surface area contributed by atoms with E-state index >= 15 is 0 Å². The highest BCUT2D eigenvalue weighted by molar-refractivity contribution is 7.99. The molecule has 5 nitrogen and oxygen atoms in total. The molecule has 1 aromatic rings. The van der Waals surface area contributed by atoms with E-state index in [1.54, 1.807) is 30.8 Å². The summed E-state index contributed by atoms with van der Waals surface area (Å²) in [5, 5.41) is 15.3. The van der Waals surface area contributed by atoms with Gasteiger partial charge in [-0.05, 0) is 43.7 Å². The number of nitrogens with one attached hydrogen (secondary N) is 2. The van der Waals surface area contributed by atoms with E-state index in [4.69, 9.17) is 5.11 Å². The van der Waals surface area contributed by atoms with Crippen LogP contribution in [0.4, 0.5) is 10.5 Å². The van der Waals surface area contributed by atoms with Crippen molar-refractivity contribution in [2.75, 3.05) is 11.6 Å². The Morgan fingerprint density at radius 2 is 2.10 bits per heavy atom. The van der Waals surface area contributed by atoms with Crippen LogP contribution in [0.1, 0.15) is 35.2 Å². The number of urea groups is 1. The number of hydrogen-bond acceptors (Lipinski definition) is 3. The highest BCUT2D eigenvalue weighted by Gasteiger charge is 2.27. The van der Waals surface area contributed by atoms with Gasteiger partial charge < -0.3 is 15.7 Å². The van der Waals surface area contributed by atoms with E-state index in [2.05, 4.69) is 16.9 Å². The van der Waals surface area contributed by atoms with Crippen molar-refractivity contribution in [2.24, 2.45) is 0 Å². The summed E-state index contributed by atoms with van der Waals surface area (Å²) in [5.41, 5.74) is 1.30. The SMILES string of the molecule is CSC1CCCC1NC(=O)Nc1cccc(C(=O)O)c1C. The molecule has 2 unspecified atom stereocenters. The second kappa shape index (κ2) is 6.85. The molecular formula is C15H20N2O3S. The number of carboxylic acid groups (broad SMARTS) is 1. The smallest absolute Gasteiger partial charge is 0.336 e. The summed E-state index contributed by atoms with van der Waals surface area (Å²) in [5.74, 6) is -0.991. The van der Waals surface area contributed by atoms with Gasteiger partial charge in [-0.15, -0.1) is 0 Å². The number of benzene rings is 1. The van der Waals surface area contributed by atoms with Crippen LogP contribution in [0.25, 0.3) is 0 Å². The highest BCUT2D eigenvalue weighted by atomic mass is 32.2. The molecule has 0 spiro atoms. The van der Waals surface area contributed by atoms with Crippen molar-refractivity contribution in [2.45, 2.75) is 37.5 Å². The fourth-order valence-corrected chi connectivity index (χ4v) is 3.64. The molecule has 1 saturated carbocycles. The first-order chi connectivity index (χ1) is 10.0. The van der Waals surface area contributed by atoms with E-state index in [1.165, 1.54) is 6.07 Å². The lowest BCUT2D eigenvalue weighted by atomic mass is 10.1. The number of carbonyl (C=O) groups is 2. The standard InChI is InChI=1S/C15H20N2O3S/c1-9-10(14(18)19)5-3-6-11(9)16-15(20)17-12-7-4-8-13(12)21-2/h3,5-6,12-13H,4,7-8H2,1-2H3,(H,18,19)(H2,16,17,20). The first-order valence-corrected chi connectivity index (χ1v) is 8.25. The number of aromatic carboxylic acids is 1. The maximum Gasteiger partial charge on any atom is 0.336 e. The quantitative estimate of drug-likeness (QED) is 0.798. The van der Waals surface area contributed by atoms with Gasteiger partial charge in [0.2, 0.25) is 0 Å².